The first-order chi connectivity index (χ1) is 12.5. The summed E-state index contributed by atoms with van der Waals surface area (Å²) in [6, 6.07) is 6.87. The average molecular weight is 393 g/mol. The number of carboxylic acid groups (broad SMARTS) is 1. The molecule has 7 nitrogen and oxygen atoms in total. The number of carbonyl (C=O) groups excluding carboxylic acids is 1. The fraction of sp³-hybridized carbons (Fsp3) is 0.235. The summed E-state index contributed by atoms with van der Waals surface area (Å²) < 4.78 is 10.4. The van der Waals surface area contributed by atoms with Crippen molar-refractivity contribution in [1.29, 1.82) is 0 Å². The Balaban J connectivity index is 2.01. The van der Waals surface area contributed by atoms with Gasteiger partial charge in [-0.05, 0) is 18.4 Å². The number of esters is 1. The Kier molecular flexibility index (Phi) is 5.48. The largest absolute Gasteiger partial charge is 0.482 e. The van der Waals surface area contributed by atoms with Gasteiger partial charge in [0.1, 0.15) is 5.75 Å². The monoisotopic (exact) mass is 393 g/mol. The molecule has 3 rings (SSSR count). The lowest BCUT2D eigenvalue weighted by Crippen LogP contribution is -2.18. The lowest BCUT2D eigenvalue weighted by molar-refractivity contribution is -0.145. The molecule has 1 unspecified atom stereocenters. The van der Waals surface area contributed by atoms with Crippen molar-refractivity contribution in [3.8, 4) is 5.75 Å². The molecule has 1 atom stereocenters. The lowest BCUT2D eigenvalue weighted by atomic mass is 9.90. The lowest BCUT2D eigenvalue weighted by Gasteiger charge is -2.23. The van der Waals surface area contributed by atoms with E-state index in [1.165, 1.54) is 17.2 Å². The summed E-state index contributed by atoms with van der Waals surface area (Å²) in [5.74, 6) is -1.88. The Morgan fingerprint density at radius 1 is 1.31 bits per heavy atom. The molecule has 2 heterocycles. The average Bonchev–Trinajstić information content (AvgIpc) is 2.99. The minimum absolute atomic E-state index is 0.143. The molecule has 136 valence electrons. The van der Waals surface area contributed by atoms with Crippen molar-refractivity contribution in [2.24, 2.45) is 0 Å². The van der Waals surface area contributed by atoms with Crippen LogP contribution in [0, 0.1) is 0 Å². The molecule has 1 aliphatic heterocycles. The standard InChI is InChI=1S/C17H15NO6S2/c1-2-23-12(19)7-24-11-6-4-3-5-9(11)13-10(16(20)21)8-25-15-14(13)26-17(22)18-15/h3-6,8,13H,2,7H2,1H3,(H,18,22)(H,20,21). The van der Waals surface area contributed by atoms with Crippen LogP contribution < -0.4 is 9.61 Å². The van der Waals surface area contributed by atoms with Gasteiger partial charge in [-0.15, -0.1) is 0 Å². The van der Waals surface area contributed by atoms with Gasteiger partial charge in [-0.25, -0.2) is 9.59 Å². The number of rotatable bonds is 6. The van der Waals surface area contributed by atoms with Gasteiger partial charge in [0.25, 0.3) is 0 Å². The number of aliphatic carboxylic acids is 1. The molecular formula is C17H15NO6S2. The molecule has 2 N–H and O–H groups in total. The predicted molar refractivity (Wildman–Crippen MR) is 96.9 cm³/mol. The molecule has 1 aromatic heterocycles. The molecule has 1 aliphatic rings. The van der Waals surface area contributed by atoms with Crippen LogP contribution in [0.5, 0.6) is 5.75 Å². The highest BCUT2D eigenvalue weighted by Crippen LogP contribution is 2.46. The minimum Gasteiger partial charge on any atom is -0.482 e. The summed E-state index contributed by atoms with van der Waals surface area (Å²) in [5.41, 5.74) is 0.715. The van der Waals surface area contributed by atoms with Crippen LogP contribution >= 0.6 is 23.1 Å². The van der Waals surface area contributed by atoms with E-state index in [0.717, 1.165) is 11.3 Å². The minimum atomic E-state index is -1.07. The summed E-state index contributed by atoms with van der Waals surface area (Å²) in [7, 11) is 0. The van der Waals surface area contributed by atoms with Gasteiger partial charge in [-0.1, -0.05) is 41.3 Å². The second kappa shape index (κ2) is 7.79. The number of thioether (sulfide) groups is 1. The third-order valence-electron chi connectivity index (χ3n) is 3.65. The SMILES string of the molecule is CCOC(=O)COc1ccccc1C1C(C(=O)O)=CSc2[nH]c(=O)sc21. The molecule has 26 heavy (non-hydrogen) atoms. The van der Waals surface area contributed by atoms with Gasteiger partial charge >= 0.3 is 16.8 Å². The van der Waals surface area contributed by atoms with E-state index in [4.69, 9.17) is 9.47 Å². The fourth-order valence-corrected chi connectivity index (χ4v) is 4.68. The van der Waals surface area contributed by atoms with E-state index in [-0.39, 0.29) is 23.7 Å². The number of ether oxygens (including phenoxy) is 2. The molecule has 0 radical (unpaired) electrons. The number of aromatic amines is 1. The fourth-order valence-electron chi connectivity index (χ4n) is 2.61. The Labute approximate surface area is 156 Å². The molecule has 9 heteroatoms. The second-order valence-electron chi connectivity index (χ2n) is 5.27. The van der Waals surface area contributed by atoms with Crippen molar-refractivity contribution in [3.05, 3.63) is 55.4 Å². The van der Waals surface area contributed by atoms with E-state index in [2.05, 4.69) is 4.98 Å². The van der Waals surface area contributed by atoms with Crippen LogP contribution in [0.2, 0.25) is 0 Å². The zero-order chi connectivity index (χ0) is 18.7. The van der Waals surface area contributed by atoms with E-state index in [1.54, 1.807) is 31.2 Å². The molecule has 0 aliphatic carbocycles. The highest BCUT2D eigenvalue weighted by molar-refractivity contribution is 8.02. The maximum atomic E-state index is 11.8. The number of para-hydroxylation sites is 1. The molecule has 0 bridgehead atoms. The third-order valence-corrected chi connectivity index (χ3v) is 5.65. The van der Waals surface area contributed by atoms with Gasteiger partial charge < -0.3 is 19.6 Å². The number of benzene rings is 1. The van der Waals surface area contributed by atoms with Gasteiger partial charge in [-0.2, -0.15) is 0 Å². The number of hydrogen-bond donors (Lipinski definition) is 2. The Hall–Kier alpha value is -2.52. The Morgan fingerprint density at radius 2 is 2.08 bits per heavy atom. The molecule has 0 saturated carbocycles. The van der Waals surface area contributed by atoms with Gasteiger partial charge in [0.05, 0.1) is 28.0 Å². The quantitative estimate of drug-likeness (QED) is 0.727. The second-order valence-corrected chi connectivity index (χ2v) is 7.16. The number of nitrogens with one attached hydrogen (secondary N) is 1. The van der Waals surface area contributed by atoms with E-state index in [9.17, 15) is 19.5 Å². The van der Waals surface area contributed by atoms with E-state index in [1.807, 2.05) is 0 Å². The summed E-state index contributed by atoms with van der Waals surface area (Å²) in [6.45, 7) is 1.66. The van der Waals surface area contributed by atoms with E-state index < -0.39 is 17.9 Å². The summed E-state index contributed by atoms with van der Waals surface area (Å²) >= 11 is 2.14. The molecule has 0 spiro atoms. The first-order valence-electron chi connectivity index (χ1n) is 7.71. The predicted octanol–water partition coefficient (Wildman–Crippen LogP) is 2.58. The number of carboxylic acids is 1. The van der Waals surface area contributed by atoms with Crippen molar-refractivity contribution in [1.82, 2.24) is 4.98 Å². The Morgan fingerprint density at radius 3 is 2.81 bits per heavy atom. The van der Waals surface area contributed by atoms with Gasteiger partial charge in [0, 0.05) is 5.56 Å². The van der Waals surface area contributed by atoms with E-state index in [0.29, 0.717) is 21.2 Å². The van der Waals surface area contributed by atoms with Gasteiger partial charge in [0.15, 0.2) is 6.61 Å². The van der Waals surface area contributed by atoms with Crippen LogP contribution in [0.4, 0.5) is 0 Å². The van der Waals surface area contributed by atoms with Crippen molar-refractivity contribution >= 4 is 35.0 Å². The molecule has 0 amide bonds. The maximum absolute atomic E-state index is 11.8. The maximum Gasteiger partial charge on any atom is 0.344 e. The van der Waals surface area contributed by atoms with Gasteiger partial charge in [0.2, 0.25) is 0 Å². The van der Waals surface area contributed by atoms with Crippen LogP contribution in [0.1, 0.15) is 23.3 Å². The highest BCUT2D eigenvalue weighted by atomic mass is 32.2. The number of aromatic nitrogens is 1. The van der Waals surface area contributed by atoms with Crippen molar-refractivity contribution in [3.63, 3.8) is 0 Å². The third kappa shape index (κ3) is 3.68. The van der Waals surface area contributed by atoms with Crippen LogP contribution in [0.25, 0.3) is 0 Å². The normalized spacial score (nSPS) is 15.7. The topological polar surface area (TPSA) is 106 Å². The molecule has 0 fully saturated rings. The zero-order valence-corrected chi connectivity index (χ0v) is 15.3. The van der Waals surface area contributed by atoms with Crippen LogP contribution in [0.3, 0.4) is 0 Å². The molecule has 2 aromatic rings. The molecular weight excluding hydrogens is 378 g/mol. The molecule has 1 aromatic carbocycles. The number of H-pyrrole nitrogens is 1. The number of hydrogen-bond acceptors (Lipinski definition) is 7. The van der Waals surface area contributed by atoms with E-state index >= 15 is 0 Å². The summed E-state index contributed by atoms with van der Waals surface area (Å²) in [6.07, 6.45) is 0. The first-order valence-corrected chi connectivity index (χ1v) is 9.41. The summed E-state index contributed by atoms with van der Waals surface area (Å²) in [5, 5.41) is 11.7. The van der Waals surface area contributed by atoms with Crippen molar-refractivity contribution in [2.45, 2.75) is 17.9 Å². The van der Waals surface area contributed by atoms with Crippen LogP contribution in [0.15, 0.2) is 45.1 Å². The number of carbonyl (C=O) groups is 2. The molecule has 0 saturated heterocycles. The zero-order valence-electron chi connectivity index (χ0n) is 13.7. The smallest absolute Gasteiger partial charge is 0.344 e. The first kappa shape index (κ1) is 18.3. The van der Waals surface area contributed by atoms with Crippen LogP contribution in [-0.4, -0.2) is 35.2 Å². The van der Waals surface area contributed by atoms with Crippen molar-refractivity contribution in [2.75, 3.05) is 13.2 Å². The van der Waals surface area contributed by atoms with Crippen molar-refractivity contribution < 1.29 is 24.2 Å². The Bertz CT molecular complexity index is 929. The number of thiazole rings is 1. The van der Waals surface area contributed by atoms with Crippen LogP contribution in [-0.2, 0) is 14.3 Å². The van der Waals surface area contributed by atoms with Gasteiger partial charge in [-0.3, -0.25) is 4.79 Å². The summed E-state index contributed by atoms with van der Waals surface area (Å²) in [4.78, 5) is 38.2. The number of fused-ring (bicyclic) bond motifs is 1. The highest BCUT2D eigenvalue weighted by Gasteiger charge is 2.34.